The summed E-state index contributed by atoms with van der Waals surface area (Å²) in [5, 5.41) is 3.56. The van der Waals surface area contributed by atoms with Gasteiger partial charge >= 0.3 is 6.03 Å². The van der Waals surface area contributed by atoms with Crippen molar-refractivity contribution in [1.82, 2.24) is 4.90 Å². The summed E-state index contributed by atoms with van der Waals surface area (Å²) in [6.45, 7) is 0.578. The maximum Gasteiger partial charge on any atom is 0.323 e. The summed E-state index contributed by atoms with van der Waals surface area (Å²) >= 11 is 19.6. The number of halogens is 4. The van der Waals surface area contributed by atoms with Crippen LogP contribution in [0.2, 0.25) is 15.1 Å². The van der Waals surface area contributed by atoms with Crippen LogP contribution in [-0.2, 0) is 0 Å². The van der Waals surface area contributed by atoms with E-state index in [1.807, 2.05) is 6.07 Å². The van der Waals surface area contributed by atoms with Gasteiger partial charge in [0, 0.05) is 33.6 Å². The molecule has 3 nitrogen and oxygen atoms in total. The first-order valence-corrected chi connectivity index (χ1v) is 9.23. The summed E-state index contributed by atoms with van der Waals surface area (Å²) in [6.07, 6.45) is 0. The van der Waals surface area contributed by atoms with Gasteiger partial charge in [0.25, 0.3) is 0 Å². The Labute approximate surface area is 158 Å². The predicted octanol–water partition coefficient (Wildman–Crippen LogP) is 6.07. The molecular weight excluding hydrogens is 394 g/mol. The van der Waals surface area contributed by atoms with Gasteiger partial charge in [0.2, 0.25) is 0 Å². The molecule has 126 valence electrons. The molecule has 2 aromatic rings. The number of hydrogen-bond donors (Lipinski definition) is 1. The molecule has 1 atom stereocenters. The van der Waals surface area contributed by atoms with Gasteiger partial charge in [-0.05, 0) is 30.3 Å². The molecule has 0 radical (unpaired) electrons. The third-order valence-electron chi connectivity index (χ3n) is 3.55. The fourth-order valence-corrected chi connectivity index (χ4v) is 4.46. The second-order valence-electron chi connectivity index (χ2n) is 5.14. The van der Waals surface area contributed by atoms with E-state index in [2.05, 4.69) is 5.32 Å². The lowest BCUT2D eigenvalue weighted by Gasteiger charge is -2.25. The van der Waals surface area contributed by atoms with E-state index in [1.54, 1.807) is 28.8 Å². The van der Waals surface area contributed by atoms with Gasteiger partial charge in [0.1, 0.15) is 11.2 Å². The number of nitrogens with one attached hydrogen (secondary N) is 1. The number of hydrogen-bond acceptors (Lipinski definition) is 2. The number of rotatable bonds is 2. The number of anilines is 1. The zero-order chi connectivity index (χ0) is 17.3. The molecule has 2 aromatic carbocycles. The second kappa shape index (κ2) is 7.40. The number of carbonyl (C=O) groups excluding carboxylic acids is 1. The van der Waals surface area contributed by atoms with Crippen LogP contribution in [0.25, 0.3) is 0 Å². The normalized spacial score (nSPS) is 17.2. The molecule has 1 aliphatic rings. The van der Waals surface area contributed by atoms with E-state index >= 15 is 0 Å². The fraction of sp³-hybridized carbons (Fsp3) is 0.188. The van der Waals surface area contributed by atoms with E-state index in [0.717, 1.165) is 11.3 Å². The summed E-state index contributed by atoms with van der Waals surface area (Å²) in [5.74, 6) is 0.263. The highest BCUT2D eigenvalue weighted by Crippen LogP contribution is 2.41. The maximum atomic E-state index is 13.2. The molecule has 1 N–H and O–H groups in total. The van der Waals surface area contributed by atoms with Crippen molar-refractivity contribution in [3.05, 3.63) is 62.8 Å². The Balaban J connectivity index is 1.79. The lowest BCUT2D eigenvalue weighted by Crippen LogP contribution is -2.34. The zero-order valence-electron chi connectivity index (χ0n) is 12.2. The highest BCUT2D eigenvalue weighted by molar-refractivity contribution is 7.99. The van der Waals surface area contributed by atoms with Crippen LogP contribution in [0.3, 0.4) is 0 Å². The lowest BCUT2D eigenvalue weighted by atomic mass is 10.2. The summed E-state index contributed by atoms with van der Waals surface area (Å²) in [7, 11) is 0. The predicted molar refractivity (Wildman–Crippen MR) is 98.8 cm³/mol. The van der Waals surface area contributed by atoms with E-state index < -0.39 is 5.82 Å². The molecule has 0 aliphatic carbocycles. The standard InChI is InChI=1S/C16H12Cl3FN2OS/c17-9-1-3-11(12(18)7-9)15-22(5-6-24-15)16(23)21-10-2-4-14(20)13(19)8-10/h1-4,7-8,15H,5-6H2,(H,21,23). The monoisotopic (exact) mass is 404 g/mol. The Kier molecular flexibility index (Phi) is 5.45. The van der Waals surface area contributed by atoms with Crippen molar-refractivity contribution >= 4 is 58.3 Å². The smallest absolute Gasteiger partial charge is 0.308 e. The molecule has 0 aromatic heterocycles. The van der Waals surface area contributed by atoms with Crippen LogP contribution in [0.5, 0.6) is 0 Å². The quantitative estimate of drug-likeness (QED) is 0.658. The molecule has 2 amide bonds. The van der Waals surface area contributed by atoms with E-state index in [1.165, 1.54) is 18.2 Å². The van der Waals surface area contributed by atoms with Crippen molar-refractivity contribution in [2.45, 2.75) is 5.37 Å². The molecule has 0 bridgehead atoms. The molecular formula is C16H12Cl3FN2OS. The van der Waals surface area contributed by atoms with Crippen LogP contribution >= 0.6 is 46.6 Å². The molecule has 0 spiro atoms. The van der Waals surface area contributed by atoms with Gasteiger partial charge in [-0.15, -0.1) is 11.8 Å². The van der Waals surface area contributed by atoms with Gasteiger partial charge in [0.15, 0.2) is 0 Å². The third-order valence-corrected chi connectivity index (χ3v) is 5.65. The third kappa shape index (κ3) is 3.75. The van der Waals surface area contributed by atoms with Gasteiger partial charge in [0.05, 0.1) is 5.02 Å². The first-order valence-electron chi connectivity index (χ1n) is 7.05. The van der Waals surface area contributed by atoms with Gasteiger partial charge < -0.3 is 10.2 Å². The minimum atomic E-state index is -0.530. The van der Waals surface area contributed by atoms with Crippen LogP contribution in [0, 0.1) is 5.82 Å². The largest absolute Gasteiger partial charge is 0.323 e. The Morgan fingerprint density at radius 2 is 1.96 bits per heavy atom. The van der Waals surface area contributed by atoms with Crippen molar-refractivity contribution < 1.29 is 9.18 Å². The molecule has 1 heterocycles. The van der Waals surface area contributed by atoms with Gasteiger partial charge in [-0.25, -0.2) is 9.18 Å². The molecule has 24 heavy (non-hydrogen) atoms. The summed E-state index contributed by atoms with van der Waals surface area (Å²) in [4.78, 5) is 14.2. The van der Waals surface area contributed by atoms with E-state index in [4.69, 9.17) is 34.8 Å². The first kappa shape index (κ1) is 17.7. The Morgan fingerprint density at radius 1 is 1.17 bits per heavy atom. The highest BCUT2D eigenvalue weighted by Gasteiger charge is 2.32. The minimum Gasteiger partial charge on any atom is -0.308 e. The lowest BCUT2D eigenvalue weighted by molar-refractivity contribution is 0.214. The van der Waals surface area contributed by atoms with E-state index in [-0.39, 0.29) is 16.4 Å². The van der Waals surface area contributed by atoms with Crippen molar-refractivity contribution in [3.63, 3.8) is 0 Å². The fourth-order valence-electron chi connectivity index (χ4n) is 2.41. The second-order valence-corrected chi connectivity index (χ2v) is 7.58. The average Bonchev–Trinajstić information content (AvgIpc) is 3.00. The van der Waals surface area contributed by atoms with Crippen LogP contribution in [0.1, 0.15) is 10.9 Å². The molecule has 1 aliphatic heterocycles. The van der Waals surface area contributed by atoms with Crippen molar-refractivity contribution in [2.75, 3.05) is 17.6 Å². The molecule has 3 rings (SSSR count). The van der Waals surface area contributed by atoms with Crippen LogP contribution < -0.4 is 5.32 Å². The van der Waals surface area contributed by atoms with Gasteiger partial charge in [-0.3, -0.25) is 0 Å². The van der Waals surface area contributed by atoms with Crippen LogP contribution in [0.4, 0.5) is 14.9 Å². The number of benzene rings is 2. The molecule has 1 saturated heterocycles. The SMILES string of the molecule is O=C(Nc1ccc(F)c(Cl)c1)N1CCSC1c1ccc(Cl)cc1Cl. The van der Waals surface area contributed by atoms with Crippen molar-refractivity contribution in [1.29, 1.82) is 0 Å². The van der Waals surface area contributed by atoms with Crippen molar-refractivity contribution in [3.8, 4) is 0 Å². The molecule has 8 heteroatoms. The van der Waals surface area contributed by atoms with Gasteiger partial charge in [-0.1, -0.05) is 40.9 Å². The number of thioether (sulfide) groups is 1. The van der Waals surface area contributed by atoms with E-state index in [9.17, 15) is 9.18 Å². The number of amides is 2. The molecule has 0 saturated carbocycles. The highest BCUT2D eigenvalue weighted by atomic mass is 35.5. The van der Waals surface area contributed by atoms with Gasteiger partial charge in [-0.2, -0.15) is 0 Å². The Bertz CT molecular complexity index is 790. The van der Waals surface area contributed by atoms with Crippen LogP contribution in [0.15, 0.2) is 36.4 Å². The molecule has 1 fully saturated rings. The average molecular weight is 406 g/mol. The van der Waals surface area contributed by atoms with Crippen LogP contribution in [-0.4, -0.2) is 23.2 Å². The summed E-state index contributed by atoms with van der Waals surface area (Å²) in [5.41, 5.74) is 1.26. The Hall–Kier alpha value is -1.14. The summed E-state index contributed by atoms with van der Waals surface area (Å²) in [6, 6.07) is 8.99. The topological polar surface area (TPSA) is 32.3 Å². The number of urea groups is 1. The van der Waals surface area contributed by atoms with E-state index in [0.29, 0.717) is 22.3 Å². The minimum absolute atomic E-state index is 0.0408. The first-order chi connectivity index (χ1) is 11.5. The zero-order valence-corrected chi connectivity index (χ0v) is 15.3. The molecule has 1 unspecified atom stereocenters. The number of carbonyl (C=O) groups is 1. The van der Waals surface area contributed by atoms with Crippen molar-refractivity contribution in [2.24, 2.45) is 0 Å². The summed E-state index contributed by atoms with van der Waals surface area (Å²) < 4.78 is 13.2. The Morgan fingerprint density at radius 3 is 2.67 bits per heavy atom. The maximum absolute atomic E-state index is 13.2. The number of nitrogens with zero attached hydrogens (tertiary/aromatic N) is 1.